The molecule has 1 aliphatic heterocycles. The van der Waals surface area contributed by atoms with Gasteiger partial charge in [-0.1, -0.05) is 24.0 Å². The predicted octanol–water partition coefficient (Wildman–Crippen LogP) is 3.37. The molecule has 132 valence electrons. The zero-order valence-corrected chi connectivity index (χ0v) is 14.4. The molecule has 1 aliphatic carbocycles. The van der Waals surface area contributed by atoms with Crippen LogP contribution in [0, 0.1) is 23.6 Å². The summed E-state index contributed by atoms with van der Waals surface area (Å²) >= 11 is 0. The van der Waals surface area contributed by atoms with Gasteiger partial charge in [0.05, 0.1) is 5.92 Å². The summed E-state index contributed by atoms with van der Waals surface area (Å²) in [6.07, 6.45) is 2.41. The fourth-order valence-corrected chi connectivity index (χ4v) is 3.58. The number of hydrogen-bond acceptors (Lipinski definition) is 3. The van der Waals surface area contributed by atoms with Crippen molar-refractivity contribution in [1.82, 2.24) is 5.32 Å². The van der Waals surface area contributed by atoms with Crippen molar-refractivity contribution >= 4 is 5.97 Å². The fourth-order valence-electron chi connectivity index (χ4n) is 3.58. The van der Waals surface area contributed by atoms with Gasteiger partial charge in [-0.2, -0.15) is 0 Å². The number of aryl methyl sites for hydroxylation is 1. The van der Waals surface area contributed by atoms with E-state index in [2.05, 4.69) is 17.2 Å². The maximum atomic E-state index is 13.2. The summed E-state index contributed by atoms with van der Waals surface area (Å²) in [6, 6.07) is 12.3. The van der Waals surface area contributed by atoms with E-state index in [-0.39, 0.29) is 23.8 Å². The van der Waals surface area contributed by atoms with Gasteiger partial charge >= 0.3 is 5.97 Å². The second kappa shape index (κ2) is 7.31. The molecule has 0 amide bonds. The third-order valence-corrected chi connectivity index (χ3v) is 4.99. The first-order chi connectivity index (χ1) is 12.7. The highest BCUT2D eigenvalue weighted by molar-refractivity contribution is 5.73. The molecule has 3 nitrogen and oxygen atoms in total. The van der Waals surface area contributed by atoms with E-state index in [1.165, 1.54) is 17.7 Å². The van der Waals surface area contributed by atoms with Crippen molar-refractivity contribution in [3.63, 3.8) is 0 Å². The van der Waals surface area contributed by atoms with Crippen LogP contribution < -0.4 is 5.32 Å². The van der Waals surface area contributed by atoms with Gasteiger partial charge in [-0.05, 0) is 67.3 Å². The Morgan fingerprint density at radius 3 is 2.73 bits per heavy atom. The molecule has 4 rings (SSSR count). The lowest BCUT2D eigenvalue weighted by Gasteiger charge is -2.16. The molecule has 1 N–H and O–H groups in total. The predicted molar refractivity (Wildman–Crippen MR) is 97.0 cm³/mol. The largest absolute Gasteiger partial charge is 0.457 e. The number of esters is 1. The zero-order valence-electron chi connectivity index (χ0n) is 14.4. The first-order valence-corrected chi connectivity index (χ1v) is 9.01. The maximum Gasteiger partial charge on any atom is 0.310 e. The van der Waals surface area contributed by atoms with Crippen molar-refractivity contribution in [1.29, 1.82) is 0 Å². The Morgan fingerprint density at radius 2 is 1.96 bits per heavy atom. The van der Waals surface area contributed by atoms with Crippen LogP contribution in [-0.2, 0) is 16.0 Å². The summed E-state index contributed by atoms with van der Waals surface area (Å²) in [5.41, 5.74) is 3.81. The average molecular weight is 349 g/mol. The number of fused-ring (bicyclic) bond motifs is 1. The molecule has 0 radical (unpaired) electrons. The third kappa shape index (κ3) is 3.63. The molecule has 0 bridgehead atoms. The average Bonchev–Trinajstić information content (AvgIpc) is 3.30. The van der Waals surface area contributed by atoms with Crippen LogP contribution in [0.3, 0.4) is 0 Å². The monoisotopic (exact) mass is 349 g/mol. The van der Waals surface area contributed by atoms with Crippen molar-refractivity contribution < 1.29 is 13.9 Å². The van der Waals surface area contributed by atoms with Gasteiger partial charge in [0.2, 0.25) is 0 Å². The van der Waals surface area contributed by atoms with Crippen LogP contribution in [-0.4, -0.2) is 19.1 Å². The SMILES string of the molecule is O=C(OC1CCc2cc(C#Cc3cccc(F)c3)ccc21)C1CCNC1. The lowest BCUT2D eigenvalue weighted by molar-refractivity contribution is -0.153. The highest BCUT2D eigenvalue weighted by Gasteiger charge is 2.30. The lowest BCUT2D eigenvalue weighted by Crippen LogP contribution is -2.21. The van der Waals surface area contributed by atoms with Crippen LogP contribution in [0.25, 0.3) is 0 Å². The molecule has 26 heavy (non-hydrogen) atoms. The Hall–Kier alpha value is -2.64. The molecule has 2 aliphatic rings. The molecule has 2 unspecified atom stereocenters. The first-order valence-electron chi connectivity index (χ1n) is 9.01. The summed E-state index contributed by atoms with van der Waals surface area (Å²) < 4.78 is 19.0. The molecule has 0 spiro atoms. The summed E-state index contributed by atoms with van der Waals surface area (Å²) in [6.45, 7) is 1.60. The summed E-state index contributed by atoms with van der Waals surface area (Å²) in [7, 11) is 0. The number of benzene rings is 2. The minimum Gasteiger partial charge on any atom is -0.457 e. The smallest absolute Gasteiger partial charge is 0.310 e. The Labute approximate surface area is 152 Å². The molecule has 1 saturated heterocycles. The van der Waals surface area contributed by atoms with Crippen LogP contribution in [0.1, 0.15) is 41.2 Å². The third-order valence-electron chi connectivity index (χ3n) is 4.99. The van der Waals surface area contributed by atoms with E-state index < -0.39 is 0 Å². The van der Waals surface area contributed by atoms with E-state index in [0.29, 0.717) is 12.1 Å². The van der Waals surface area contributed by atoms with Crippen molar-refractivity contribution in [2.45, 2.75) is 25.4 Å². The van der Waals surface area contributed by atoms with Crippen LogP contribution >= 0.6 is 0 Å². The lowest BCUT2D eigenvalue weighted by atomic mass is 10.1. The number of nitrogens with one attached hydrogen (secondary N) is 1. The van der Waals surface area contributed by atoms with Crippen LogP contribution in [0.15, 0.2) is 42.5 Å². The molecule has 4 heteroatoms. The van der Waals surface area contributed by atoms with Crippen molar-refractivity contribution in [2.24, 2.45) is 5.92 Å². The molecule has 2 aromatic rings. The molecular formula is C22H20FNO2. The van der Waals surface area contributed by atoms with Crippen molar-refractivity contribution in [2.75, 3.05) is 13.1 Å². The molecule has 2 aromatic carbocycles. The molecule has 0 aromatic heterocycles. The van der Waals surface area contributed by atoms with Crippen molar-refractivity contribution in [3.8, 4) is 11.8 Å². The van der Waals surface area contributed by atoms with E-state index in [4.69, 9.17) is 4.74 Å². The van der Waals surface area contributed by atoms with Gasteiger partial charge in [-0.25, -0.2) is 4.39 Å². The Balaban J connectivity index is 1.47. The summed E-state index contributed by atoms with van der Waals surface area (Å²) in [4.78, 5) is 12.2. The van der Waals surface area contributed by atoms with Gasteiger partial charge in [0, 0.05) is 17.7 Å². The van der Waals surface area contributed by atoms with Gasteiger partial charge in [-0.15, -0.1) is 0 Å². The summed E-state index contributed by atoms with van der Waals surface area (Å²) in [5.74, 6) is 5.68. The fraction of sp³-hybridized carbons (Fsp3) is 0.318. The normalized spacial score (nSPS) is 21.0. The number of rotatable bonds is 2. The highest BCUT2D eigenvalue weighted by atomic mass is 19.1. The van der Waals surface area contributed by atoms with Crippen molar-refractivity contribution in [3.05, 3.63) is 70.5 Å². The van der Waals surface area contributed by atoms with E-state index in [9.17, 15) is 9.18 Å². The Bertz CT molecular complexity index is 891. The highest BCUT2D eigenvalue weighted by Crippen LogP contribution is 2.35. The van der Waals surface area contributed by atoms with Gasteiger partial charge in [0.25, 0.3) is 0 Å². The second-order valence-electron chi connectivity index (χ2n) is 6.83. The van der Waals surface area contributed by atoms with E-state index in [1.807, 2.05) is 18.2 Å². The standard InChI is InChI=1S/C22H20FNO2/c23-19-3-1-2-15(13-19)4-5-16-6-8-20-17(12-16)7-9-21(20)26-22(25)18-10-11-24-14-18/h1-3,6,8,12-13,18,21,24H,7,9-11,14H2. The quantitative estimate of drug-likeness (QED) is 0.667. The Morgan fingerprint density at radius 1 is 1.12 bits per heavy atom. The van der Waals surface area contributed by atoms with Gasteiger partial charge in [-0.3, -0.25) is 4.79 Å². The van der Waals surface area contributed by atoms with Gasteiger partial charge < -0.3 is 10.1 Å². The van der Waals surface area contributed by atoms with Crippen LogP contribution in [0.4, 0.5) is 4.39 Å². The van der Waals surface area contributed by atoms with Gasteiger partial charge in [0.15, 0.2) is 0 Å². The zero-order chi connectivity index (χ0) is 17.9. The topological polar surface area (TPSA) is 38.3 Å². The Kier molecular flexibility index (Phi) is 4.73. The number of hydrogen-bond donors (Lipinski definition) is 1. The van der Waals surface area contributed by atoms with Crippen LogP contribution in [0.5, 0.6) is 0 Å². The minimum atomic E-state index is -0.284. The molecule has 2 atom stereocenters. The van der Waals surface area contributed by atoms with Crippen LogP contribution in [0.2, 0.25) is 0 Å². The summed E-state index contributed by atoms with van der Waals surface area (Å²) in [5, 5.41) is 3.20. The first kappa shape index (κ1) is 16.8. The van der Waals surface area contributed by atoms with E-state index in [1.54, 1.807) is 12.1 Å². The number of ether oxygens (including phenoxy) is 1. The molecule has 0 saturated carbocycles. The molecular weight excluding hydrogens is 329 g/mol. The second-order valence-corrected chi connectivity index (χ2v) is 6.83. The van der Waals surface area contributed by atoms with E-state index in [0.717, 1.165) is 36.9 Å². The van der Waals surface area contributed by atoms with E-state index >= 15 is 0 Å². The number of carbonyl (C=O) groups is 1. The maximum absolute atomic E-state index is 13.2. The molecule has 1 fully saturated rings. The molecule has 1 heterocycles. The number of carbonyl (C=O) groups excluding carboxylic acids is 1. The number of halogens is 1. The minimum absolute atomic E-state index is 0.0181. The van der Waals surface area contributed by atoms with Gasteiger partial charge in [0.1, 0.15) is 11.9 Å².